The number of nitrogens with zero attached hydrogens (tertiary/aromatic N) is 3. The molecule has 3 aromatic heterocycles. The molecule has 2 aliphatic rings. The highest BCUT2D eigenvalue weighted by Crippen LogP contribution is 2.42. The zero-order chi connectivity index (χ0) is 28.3. The third-order valence-electron chi connectivity index (χ3n) is 7.59. The molecule has 6 rings (SSSR count). The Morgan fingerprint density at radius 1 is 1.18 bits per heavy atom. The first-order valence-electron chi connectivity index (χ1n) is 12.7. The van der Waals surface area contributed by atoms with Crippen LogP contribution in [0.4, 0.5) is 4.39 Å². The van der Waals surface area contributed by atoms with Crippen LogP contribution >= 0.6 is 0 Å². The van der Waals surface area contributed by atoms with E-state index in [0.717, 1.165) is 28.5 Å². The summed E-state index contributed by atoms with van der Waals surface area (Å²) in [5, 5.41) is 0.999. The van der Waals surface area contributed by atoms with Crippen molar-refractivity contribution in [3.05, 3.63) is 95.8 Å². The zero-order valence-electron chi connectivity index (χ0n) is 21.6. The molecule has 5 heterocycles. The third-order valence-corrected chi connectivity index (χ3v) is 7.59. The van der Waals surface area contributed by atoms with Crippen LogP contribution in [0, 0.1) is 5.82 Å². The van der Waals surface area contributed by atoms with Gasteiger partial charge in [0.05, 0.1) is 35.2 Å². The van der Waals surface area contributed by atoms with Gasteiger partial charge in [0.15, 0.2) is 0 Å². The van der Waals surface area contributed by atoms with Crippen molar-refractivity contribution in [2.75, 3.05) is 0 Å². The maximum Gasteiger partial charge on any atom is 0.355 e. The van der Waals surface area contributed by atoms with Crippen LogP contribution in [-0.2, 0) is 50.8 Å². The van der Waals surface area contributed by atoms with Crippen LogP contribution in [0.2, 0.25) is 0 Å². The molecule has 0 saturated heterocycles. The highest BCUT2D eigenvalue weighted by molar-refractivity contribution is 5.90. The van der Waals surface area contributed by atoms with Crippen LogP contribution < -0.4 is 16.8 Å². The van der Waals surface area contributed by atoms with Crippen molar-refractivity contribution < 1.29 is 23.5 Å². The van der Waals surface area contributed by atoms with Gasteiger partial charge in [-0.15, -0.1) is 0 Å². The zero-order valence-corrected chi connectivity index (χ0v) is 21.6. The molecule has 0 bridgehead atoms. The number of benzene rings is 1. The van der Waals surface area contributed by atoms with Gasteiger partial charge in [-0.2, -0.15) is 4.39 Å². The smallest absolute Gasteiger partial charge is 0.355 e. The summed E-state index contributed by atoms with van der Waals surface area (Å²) >= 11 is 0. The van der Waals surface area contributed by atoms with Crippen molar-refractivity contribution >= 4 is 22.8 Å². The van der Waals surface area contributed by atoms with Gasteiger partial charge in [0.2, 0.25) is 11.4 Å². The van der Waals surface area contributed by atoms with E-state index in [9.17, 15) is 28.4 Å². The number of aryl methyl sites for hydroxylation is 1. The van der Waals surface area contributed by atoms with Crippen molar-refractivity contribution in [3.63, 3.8) is 0 Å². The number of ether oxygens (including phenoxy) is 2. The van der Waals surface area contributed by atoms with Gasteiger partial charge in [-0.25, -0.2) is 14.6 Å². The molecule has 1 N–H and O–H groups in total. The highest BCUT2D eigenvalue weighted by atomic mass is 19.1. The summed E-state index contributed by atoms with van der Waals surface area (Å²) in [7, 11) is 0. The molecule has 0 fully saturated rings. The van der Waals surface area contributed by atoms with Gasteiger partial charge in [-0.05, 0) is 30.5 Å². The van der Waals surface area contributed by atoms with E-state index >= 15 is 0 Å². The fourth-order valence-electron chi connectivity index (χ4n) is 5.64. The quantitative estimate of drug-likeness (QED) is 0.329. The topological polar surface area (TPSA) is 142 Å². The number of carbonyl (C=O) groups is 2. The molecule has 12 heteroatoms. The molecule has 0 spiro atoms. The van der Waals surface area contributed by atoms with E-state index in [-0.39, 0.29) is 24.2 Å². The fraction of sp³-hybridized carbons (Fsp3) is 0.286. The standard InChI is InChI=1S/C28H23FN4O7/c1-3-14-15-7-5-6-8-20(15)30-23-16(14)10-33-21(23)9-18-17(25(33)36)13-39-26(37)28(18,4-2)40-22(34)12-32-11-19(29)24(35)31-27(32)38/h5-9,11H,3-4,10,12-13H2,1-2H3,(H,31,35,38)/t28-/m0/s1. The van der Waals surface area contributed by atoms with E-state index in [1.54, 1.807) is 22.5 Å². The first-order valence-corrected chi connectivity index (χ1v) is 12.7. The third kappa shape index (κ3) is 3.63. The Morgan fingerprint density at radius 2 is 1.95 bits per heavy atom. The Balaban J connectivity index is 1.48. The molecule has 0 radical (unpaired) electrons. The number of pyridine rings is 2. The second-order valence-corrected chi connectivity index (χ2v) is 9.70. The minimum absolute atomic E-state index is 0.0828. The monoisotopic (exact) mass is 546 g/mol. The molecule has 0 saturated carbocycles. The molecule has 4 aromatic rings. The molecular formula is C28H23FN4O7. The number of aromatic amines is 1. The number of H-pyrrole nitrogens is 1. The minimum atomic E-state index is -1.99. The Labute approximate surface area is 224 Å². The van der Waals surface area contributed by atoms with Crippen LogP contribution in [0.25, 0.3) is 22.3 Å². The number of carbonyl (C=O) groups excluding carboxylic acids is 2. The second kappa shape index (κ2) is 9.11. The van der Waals surface area contributed by atoms with Gasteiger partial charge in [-0.3, -0.25) is 23.9 Å². The summed E-state index contributed by atoms with van der Waals surface area (Å²) < 4.78 is 26.9. The number of cyclic esters (lactones) is 1. The number of esters is 2. The predicted octanol–water partition coefficient (Wildman–Crippen LogP) is 1.88. The Morgan fingerprint density at radius 3 is 2.70 bits per heavy atom. The number of aromatic nitrogens is 4. The molecule has 2 aliphatic heterocycles. The van der Waals surface area contributed by atoms with E-state index in [0.29, 0.717) is 28.7 Å². The van der Waals surface area contributed by atoms with Crippen LogP contribution in [0.5, 0.6) is 0 Å². The van der Waals surface area contributed by atoms with Crippen LogP contribution in [-0.4, -0.2) is 31.0 Å². The molecule has 40 heavy (non-hydrogen) atoms. The summed E-state index contributed by atoms with van der Waals surface area (Å²) in [5.74, 6) is -3.22. The van der Waals surface area contributed by atoms with Gasteiger partial charge in [0.1, 0.15) is 13.2 Å². The van der Waals surface area contributed by atoms with Crippen LogP contribution in [0.15, 0.2) is 50.9 Å². The maximum atomic E-state index is 13.8. The van der Waals surface area contributed by atoms with Gasteiger partial charge < -0.3 is 14.0 Å². The highest BCUT2D eigenvalue weighted by Gasteiger charge is 2.50. The SMILES string of the molecule is CCc1c2c(nc3ccccc13)-c1cc3c(c(=O)n1C2)COC(=O)[C@@]3(CC)OC(=O)Cn1cc(F)c(=O)[nH]c1=O. The molecule has 11 nitrogen and oxygen atoms in total. The molecular weight excluding hydrogens is 523 g/mol. The van der Waals surface area contributed by atoms with Crippen molar-refractivity contribution in [1.29, 1.82) is 0 Å². The molecule has 1 atom stereocenters. The predicted molar refractivity (Wildman–Crippen MR) is 139 cm³/mol. The summed E-state index contributed by atoms with van der Waals surface area (Å²) in [5.41, 5.74) is -0.450. The number of fused-ring (bicyclic) bond motifs is 5. The summed E-state index contributed by atoms with van der Waals surface area (Å²) in [6, 6.07) is 9.35. The summed E-state index contributed by atoms with van der Waals surface area (Å²) in [6.45, 7) is 2.83. The van der Waals surface area contributed by atoms with Gasteiger partial charge in [0.25, 0.3) is 11.1 Å². The lowest BCUT2D eigenvalue weighted by atomic mass is 9.85. The number of para-hydroxylation sites is 1. The van der Waals surface area contributed by atoms with Crippen molar-refractivity contribution in [1.82, 2.24) is 19.1 Å². The largest absolute Gasteiger partial charge is 0.457 e. The van der Waals surface area contributed by atoms with Gasteiger partial charge in [-0.1, -0.05) is 32.0 Å². The lowest BCUT2D eigenvalue weighted by molar-refractivity contribution is -0.190. The minimum Gasteiger partial charge on any atom is -0.457 e. The lowest BCUT2D eigenvalue weighted by Crippen LogP contribution is -2.48. The first-order chi connectivity index (χ1) is 19.2. The van der Waals surface area contributed by atoms with E-state index < -0.39 is 46.7 Å². The summed E-state index contributed by atoms with van der Waals surface area (Å²) in [6.07, 6.45) is 1.21. The Bertz CT molecular complexity index is 1940. The lowest BCUT2D eigenvalue weighted by Gasteiger charge is -2.35. The Kier molecular flexibility index (Phi) is 5.79. The molecule has 0 amide bonds. The van der Waals surface area contributed by atoms with Crippen molar-refractivity contribution in [2.24, 2.45) is 0 Å². The molecule has 0 aliphatic carbocycles. The molecule has 204 valence electrons. The average Bonchev–Trinajstić information content (AvgIpc) is 3.30. The second-order valence-electron chi connectivity index (χ2n) is 9.70. The maximum absolute atomic E-state index is 13.8. The number of rotatable bonds is 5. The van der Waals surface area contributed by atoms with Crippen molar-refractivity contribution in [3.8, 4) is 11.4 Å². The molecule has 1 aromatic carbocycles. The van der Waals surface area contributed by atoms with E-state index in [1.165, 1.54) is 0 Å². The number of hydrogen-bond acceptors (Lipinski definition) is 8. The van der Waals surface area contributed by atoms with Crippen LogP contribution in [0.1, 0.15) is 42.5 Å². The van der Waals surface area contributed by atoms with Gasteiger partial charge in [0, 0.05) is 16.5 Å². The number of halogens is 1. The summed E-state index contributed by atoms with van der Waals surface area (Å²) in [4.78, 5) is 69.9. The fourth-order valence-corrected chi connectivity index (χ4v) is 5.64. The first kappa shape index (κ1) is 25.4. The molecule has 0 unspecified atom stereocenters. The Hall–Kier alpha value is -4.87. The van der Waals surface area contributed by atoms with E-state index in [2.05, 4.69) is 0 Å². The van der Waals surface area contributed by atoms with E-state index in [4.69, 9.17) is 14.5 Å². The average molecular weight is 547 g/mol. The number of hydrogen-bond donors (Lipinski definition) is 1. The number of nitrogens with one attached hydrogen (secondary N) is 1. The van der Waals surface area contributed by atoms with Crippen LogP contribution in [0.3, 0.4) is 0 Å². The van der Waals surface area contributed by atoms with Gasteiger partial charge >= 0.3 is 17.6 Å². The van der Waals surface area contributed by atoms with E-state index in [1.807, 2.05) is 31.2 Å². The van der Waals surface area contributed by atoms with Crippen molar-refractivity contribution in [2.45, 2.75) is 52.0 Å². The normalized spacial score (nSPS) is 17.2.